The summed E-state index contributed by atoms with van der Waals surface area (Å²) in [6.45, 7) is 6.70. The van der Waals surface area contributed by atoms with Crippen LogP contribution in [0.4, 0.5) is 5.69 Å². The zero-order valence-corrected chi connectivity index (χ0v) is 15.1. The van der Waals surface area contributed by atoms with E-state index < -0.39 is 0 Å². The third-order valence-electron chi connectivity index (χ3n) is 4.47. The van der Waals surface area contributed by atoms with E-state index in [1.165, 1.54) is 6.42 Å². The van der Waals surface area contributed by atoms with E-state index in [4.69, 9.17) is 4.74 Å². The molecule has 1 aliphatic rings. The molecule has 0 bridgehead atoms. The van der Waals surface area contributed by atoms with Crippen molar-refractivity contribution in [1.29, 1.82) is 0 Å². The maximum absolute atomic E-state index is 12.5. The van der Waals surface area contributed by atoms with Crippen LogP contribution in [0.3, 0.4) is 0 Å². The molecule has 1 aliphatic carbocycles. The molecule has 0 heterocycles. The second-order valence-corrected chi connectivity index (χ2v) is 6.95. The van der Waals surface area contributed by atoms with Gasteiger partial charge in [0.2, 0.25) is 0 Å². The SMILES string of the molecule is CC(C)[C@@H]1CC[C@@H](C)C[C@H]1OC(=O)c1ccccc1NI. The lowest BCUT2D eigenvalue weighted by Gasteiger charge is -2.36. The number of halogens is 1. The van der Waals surface area contributed by atoms with Gasteiger partial charge >= 0.3 is 5.97 Å². The van der Waals surface area contributed by atoms with Gasteiger partial charge in [0, 0.05) is 0 Å². The van der Waals surface area contributed by atoms with Crippen LogP contribution in [0, 0.1) is 17.8 Å². The van der Waals surface area contributed by atoms with Crippen LogP contribution in [0.1, 0.15) is 50.4 Å². The topological polar surface area (TPSA) is 38.3 Å². The second-order valence-electron chi connectivity index (χ2n) is 6.41. The van der Waals surface area contributed by atoms with Gasteiger partial charge in [-0.3, -0.25) is 0 Å². The Labute approximate surface area is 141 Å². The van der Waals surface area contributed by atoms with E-state index in [0.717, 1.165) is 18.5 Å². The number of hydrogen-bond donors (Lipinski definition) is 1. The Balaban J connectivity index is 2.12. The van der Waals surface area contributed by atoms with E-state index in [1.807, 2.05) is 47.1 Å². The van der Waals surface area contributed by atoms with Crippen molar-refractivity contribution in [2.75, 3.05) is 3.53 Å². The molecule has 1 aromatic rings. The lowest BCUT2D eigenvalue weighted by Crippen LogP contribution is -2.35. The number of esters is 1. The summed E-state index contributed by atoms with van der Waals surface area (Å²) in [5, 5.41) is 0. The lowest BCUT2D eigenvalue weighted by molar-refractivity contribution is -0.0173. The largest absolute Gasteiger partial charge is 0.458 e. The molecule has 0 unspecified atom stereocenters. The molecule has 0 aliphatic heterocycles. The van der Waals surface area contributed by atoms with Gasteiger partial charge in [-0.15, -0.1) is 0 Å². The highest BCUT2D eigenvalue weighted by Gasteiger charge is 2.33. The Morgan fingerprint density at radius 2 is 2.05 bits per heavy atom. The number of carbonyl (C=O) groups excluding carboxylic acids is 1. The van der Waals surface area contributed by atoms with Crippen molar-refractivity contribution in [1.82, 2.24) is 0 Å². The molecule has 0 radical (unpaired) electrons. The molecule has 3 nitrogen and oxygen atoms in total. The highest BCUT2D eigenvalue weighted by molar-refractivity contribution is 14.1. The van der Waals surface area contributed by atoms with Crippen LogP contribution in [-0.4, -0.2) is 12.1 Å². The van der Waals surface area contributed by atoms with Crippen LogP contribution in [-0.2, 0) is 4.74 Å². The van der Waals surface area contributed by atoms with Crippen molar-refractivity contribution in [3.05, 3.63) is 29.8 Å². The first-order valence-electron chi connectivity index (χ1n) is 7.69. The predicted octanol–water partition coefficient (Wildman–Crippen LogP) is 5.07. The van der Waals surface area contributed by atoms with E-state index in [-0.39, 0.29) is 12.1 Å². The van der Waals surface area contributed by atoms with Crippen molar-refractivity contribution in [2.45, 2.75) is 46.1 Å². The van der Waals surface area contributed by atoms with Gasteiger partial charge in [0.1, 0.15) is 6.10 Å². The minimum Gasteiger partial charge on any atom is -0.458 e. The first-order chi connectivity index (χ1) is 10.0. The summed E-state index contributed by atoms with van der Waals surface area (Å²) in [5.41, 5.74) is 1.43. The lowest BCUT2D eigenvalue weighted by atomic mass is 9.75. The molecule has 2 rings (SSSR count). The van der Waals surface area contributed by atoms with Crippen molar-refractivity contribution in [2.24, 2.45) is 17.8 Å². The summed E-state index contributed by atoms with van der Waals surface area (Å²) in [7, 11) is 0. The van der Waals surface area contributed by atoms with Crippen LogP contribution in [0.2, 0.25) is 0 Å². The summed E-state index contributed by atoms with van der Waals surface area (Å²) in [6.07, 6.45) is 3.42. The van der Waals surface area contributed by atoms with Gasteiger partial charge in [0.25, 0.3) is 0 Å². The molecule has 1 aromatic carbocycles. The highest BCUT2D eigenvalue weighted by atomic mass is 127. The highest BCUT2D eigenvalue weighted by Crippen LogP contribution is 2.36. The van der Waals surface area contributed by atoms with E-state index in [1.54, 1.807) is 0 Å². The molecule has 3 atom stereocenters. The number of anilines is 1. The zero-order valence-electron chi connectivity index (χ0n) is 12.9. The standard InChI is InChI=1S/C17H24INO2/c1-11(2)13-9-8-12(3)10-16(13)21-17(20)14-6-4-5-7-15(14)19-18/h4-7,11-13,16,19H,8-10H2,1-3H3/t12-,13+,16-/m1/s1. The van der Waals surface area contributed by atoms with Crippen LogP contribution >= 0.6 is 22.9 Å². The van der Waals surface area contributed by atoms with Gasteiger partial charge in [0.15, 0.2) is 0 Å². The fraction of sp³-hybridized carbons (Fsp3) is 0.588. The normalized spacial score (nSPS) is 25.7. The number of hydrogen-bond acceptors (Lipinski definition) is 3. The molecule has 0 aromatic heterocycles. The number of para-hydroxylation sites is 1. The third kappa shape index (κ3) is 4.11. The minimum atomic E-state index is -0.209. The van der Waals surface area contributed by atoms with E-state index >= 15 is 0 Å². The minimum absolute atomic E-state index is 0.0449. The summed E-state index contributed by atoms with van der Waals surface area (Å²) in [6, 6.07) is 7.50. The Hall–Kier alpha value is -0.780. The van der Waals surface area contributed by atoms with Crippen LogP contribution < -0.4 is 3.53 Å². The number of nitrogens with one attached hydrogen (secondary N) is 1. The fourth-order valence-corrected chi connectivity index (χ4v) is 3.67. The molecule has 0 amide bonds. The van der Waals surface area contributed by atoms with Crippen molar-refractivity contribution >= 4 is 34.5 Å². The van der Waals surface area contributed by atoms with Crippen molar-refractivity contribution in [3.63, 3.8) is 0 Å². The Kier molecular flexibility index (Phi) is 5.90. The summed E-state index contributed by atoms with van der Waals surface area (Å²) in [5.74, 6) is 1.45. The monoisotopic (exact) mass is 401 g/mol. The van der Waals surface area contributed by atoms with Gasteiger partial charge in [-0.25, -0.2) is 4.79 Å². The predicted molar refractivity (Wildman–Crippen MR) is 94.6 cm³/mol. The fourth-order valence-electron chi connectivity index (χ4n) is 3.19. The maximum atomic E-state index is 12.5. The van der Waals surface area contributed by atoms with Crippen molar-refractivity contribution in [3.8, 4) is 0 Å². The zero-order chi connectivity index (χ0) is 15.4. The Bertz CT molecular complexity index is 489. The maximum Gasteiger partial charge on any atom is 0.340 e. The molecule has 0 spiro atoms. The first-order valence-corrected chi connectivity index (χ1v) is 8.77. The van der Waals surface area contributed by atoms with E-state index in [2.05, 4.69) is 24.3 Å². The number of benzene rings is 1. The molecule has 21 heavy (non-hydrogen) atoms. The number of carbonyl (C=O) groups is 1. The first kappa shape index (κ1) is 16.6. The van der Waals surface area contributed by atoms with Crippen LogP contribution in [0.5, 0.6) is 0 Å². The van der Waals surface area contributed by atoms with Gasteiger partial charge < -0.3 is 8.27 Å². The molecular weight excluding hydrogens is 377 g/mol. The van der Waals surface area contributed by atoms with E-state index in [0.29, 0.717) is 23.3 Å². The molecule has 4 heteroatoms. The molecule has 1 N–H and O–H groups in total. The Morgan fingerprint density at radius 3 is 2.71 bits per heavy atom. The van der Waals surface area contributed by atoms with Gasteiger partial charge in [-0.1, -0.05) is 39.3 Å². The molecular formula is C17H24INO2. The van der Waals surface area contributed by atoms with Crippen LogP contribution in [0.25, 0.3) is 0 Å². The van der Waals surface area contributed by atoms with Crippen LogP contribution in [0.15, 0.2) is 24.3 Å². The molecule has 1 fully saturated rings. The quantitative estimate of drug-likeness (QED) is 0.435. The summed E-state index contributed by atoms with van der Waals surface area (Å²) < 4.78 is 8.91. The Morgan fingerprint density at radius 1 is 1.33 bits per heavy atom. The smallest absolute Gasteiger partial charge is 0.340 e. The van der Waals surface area contributed by atoms with E-state index in [9.17, 15) is 4.79 Å². The number of ether oxygens (including phenoxy) is 1. The summed E-state index contributed by atoms with van der Waals surface area (Å²) >= 11 is 2.04. The summed E-state index contributed by atoms with van der Waals surface area (Å²) in [4.78, 5) is 12.5. The van der Waals surface area contributed by atoms with Gasteiger partial charge in [-0.05, 0) is 42.7 Å². The number of rotatable bonds is 4. The van der Waals surface area contributed by atoms with Crippen molar-refractivity contribution < 1.29 is 9.53 Å². The van der Waals surface area contributed by atoms with Gasteiger partial charge in [-0.2, -0.15) is 0 Å². The second kappa shape index (κ2) is 7.47. The molecule has 0 saturated heterocycles. The van der Waals surface area contributed by atoms with Gasteiger partial charge in [0.05, 0.1) is 34.1 Å². The molecule has 116 valence electrons. The average Bonchev–Trinajstić information content (AvgIpc) is 2.46. The average molecular weight is 401 g/mol. The molecule has 1 saturated carbocycles. The third-order valence-corrected chi connectivity index (χ3v) is 5.05.